The Morgan fingerprint density at radius 3 is 2.23 bits per heavy atom. The zero-order valence-electron chi connectivity index (χ0n) is 21.1. The van der Waals surface area contributed by atoms with Crippen molar-refractivity contribution in [3.05, 3.63) is 47.5 Å². The van der Waals surface area contributed by atoms with Gasteiger partial charge < -0.3 is 29.2 Å². The minimum Gasteiger partial charge on any atom is -0.493 e. The van der Waals surface area contributed by atoms with E-state index in [1.165, 1.54) is 0 Å². The Hall–Kier alpha value is -3.42. The molecule has 1 N–H and O–H groups in total. The van der Waals surface area contributed by atoms with Crippen LogP contribution in [0.5, 0.6) is 23.0 Å². The maximum Gasteiger partial charge on any atom is 0.225 e. The van der Waals surface area contributed by atoms with E-state index in [1.807, 2.05) is 50.2 Å². The fourth-order valence-corrected chi connectivity index (χ4v) is 4.19. The van der Waals surface area contributed by atoms with Crippen LogP contribution >= 0.6 is 0 Å². The van der Waals surface area contributed by atoms with Crippen LogP contribution in [0, 0.1) is 5.92 Å². The third kappa shape index (κ3) is 7.04. The first kappa shape index (κ1) is 26.2. The van der Waals surface area contributed by atoms with Crippen LogP contribution < -0.4 is 24.3 Å². The first-order valence-electron chi connectivity index (χ1n) is 12.1. The van der Waals surface area contributed by atoms with E-state index >= 15 is 0 Å². The Kier molecular flexibility index (Phi) is 9.64. The van der Waals surface area contributed by atoms with Crippen LogP contribution in [0.3, 0.4) is 0 Å². The molecule has 1 heterocycles. The van der Waals surface area contributed by atoms with E-state index in [9.17, 15) is 9.59 Å². The third-order valence-electron chi connectivity index (χ3n) is 6.02. The molecule has 2 aromatic carbocycles. The third-order valence-corrected chi connectivity index (χ3v) is 6.02. The van der Waals surface area contributed by atoms with Crippen LogP contribution in [0.25, 0.3) is 0 Å². The molecular formula is C27H36N2O6. The number of carbonyl (C=O) groups is 2. The molecule has 0 saturated carbocycles. The molecule has 0 radical (unpaired) electrons. The van der Waals surface area contributed by atoms with Crippen LogP contribution in [0.2, 0.25) is 0 Å². The number of hydrogen-bond acceptors (Lipinski definition) is 6. The van der Waals surface area contributed by atoms with Gasteiger partial charge in [-0.1, -0.05) is 12.1 Å². The molecule has 0 bridgehead atoms. The van der Waals surface area contributed by atoms with Gasteiger partial charge in [-0.3, -0.25) is 9.59 Å². The maximum atomic E-state index is 12.7. The van der Waals surface area contributed by atoms with Crippen LogP contribution in [0.15, 0.2) is 36.4 Å². The van der Waals surface area contributed by atoms with Gasteiger partial charge in [0.15, 0.2) is 23.0 Å². The monoisotopic (exact) mass is 484 g/mol. The van der Waals surface area contributed by atoms with Crippen molar-refractivity contribution >= 4 is 11.8 Å². The zero-order valence-corrected chi connectivity index (χ0v) is 21.1. The predicted molar refractivity (Wildman–Crippen MR) is 133 cm³/mol. The van der Waals surface area contributed by atoms with Gasteiger partial charge in [-0.25, -0.2) is 0 Å². The molecule has 0 unspecified atom stereocenters. The highest BCUT2D eigenvalue weighted by atomic mass is 16.5. The Morgan fingerprint density at radius 1 is 0.914 bits per heavy atom. The van der Waals surface area contributed by atoms with Gasteiger partial charge in [0, 0.05) is 26.1 Å². The van der Waals surface area contributed by atoms with Crippen LogP contribution in [-0.4, -0.2) is 63.8 Å². The fraction of sp³-hybridized carbons (Fsp3) is 0.481. The van der Waals surface area contributed by atoms with Gasteiger partial charge in [0.1, 0.15) is 0 Å². The number of nitrogens with one attached hydrogen (secondary N) is 1. The number of rotatable bonds is 13. The van der Waals surface area contributed by atoms with Crippen LogP contribution in [-0.2, 0) is 22.4 Å². The summed E-state index contributed by atoms with van der Waals surface area (Å²) < 4.78 is 21.9. The molecule has 190 valence electrons. The van der Waals surface area contributed by atoms with Crippen molar-refractivity contribution in [1.29, 1.82) is 0 Å². The van der Waals surface area contributed by atoms with E-state index < -0.39 is 0 Å². The van der Waals surface area contributed by atoms with Gasteiger partial charge in [-0.2, -0.15) is 0 Å². The van der Waals surface area contributed by atoms with Crippen molar-refractivity contribution in [2.45, 2.75) is 33.1 Å². The number of methoxy groups -OCH3 is 2. The number of carbonyl (C=O) groups excluding carboxylic acids is 2. The lowest BCUT2D eigenvalue weighted by molar-refractivity contribution is -0.129. The summed E-state index contributed by atoms with van der Waals surface area (Å²) in [5.41, 5.74) is 2.10. The number of nitrogens with zero attached hydrogens (tertiary/aromatic N) is 1. The lowest BCUT2D eigenvalue weighted by Gasteiger charge is -2.17. The molecular weight excluding hydrogens is 448 g/mol. The van der Waals surface area contributed by atoms with Crippen LogP contribution in [0.1, 0.15) is 31.4 Å². The normalized spacial score (nSPS) is 15.1. The molecule has 2 aromatic rings. The summed E-state index contributed by atoms with van der Waals surface area (Å²) in [6.45, 7) is 6.49. The van der Waals surface area contributed by atoms with Gasteiger partial charge >= 0.3 is 0 Å². The molecule has 1 atom stereocenters. The van der Waals surface area contributed by atoms with E-state index in [2.05, 4.69) is 5.32 Å². The Bertz CT molecular complexity index is 1010. The molecule has 35 heavy (non-hydrogen) atoms. The van der Waals surface area contributed by atoms with E-state index in [4.69, 9.17) is 18.9 Å². The summed E-state index contributed by atoms with van der Waals surface area (Å²) in [6, 6.07) is 11.6. The summed E-state index contributed by atoms with van der Waals surface area (Å²) >= 11 is 0. The molecule has 1 aliphatic rings. The molecule has 0 aliphatic carbocycles. The van der Waals surface area contributed by atoms with E-state index in [1.54, 1.807) is 19.1 Å². The molecule has 8 nitrogen and oxygen atoms in total. The quantitative estimate of drug-likeness (QED) is 0.470. The number of hydrogen-bond donors (Lipinski definition) is 1. The van der Waals surface area contributed by atoms with Gasteiger partial charge in [0.2, 0.25) is 11.8 Å². The highest BCUT2D eigenvalue weighted by Gasteiger charge is 2.33. The van der Waals surface area contributed by atoms with E-state index in [0.717, 1.165) is 16.9 Å². The molecule has 0 aromatic heterocycles. The topological polar surface area (TPSA) is 86.3 Å². The molecule has 1 aliphatic heterocycles. The van der Waals surface area contributed by atoms with Crippen molar-refractivity contribution in [2.75, 3.05) is 47.1 Å². The molecule has 1 saturated heterocycles. The van der Waals surface area contributed by atoms with Crippen LogP contribution in [0.4, 0.5) is 0 Å². The molecule has 2 amide bonds. The van der Waals surface area contributed by atoms with Gasteiger partial charge in [0.05, 0.1) is 33.4 Å². The lowest BCUT2D eigenvalue weighted by Crippen LogP contribution is -2.34. The number of benzene rings is 2. The highest BCUT2D eigenvalue weighted by molar-refractivity contribution is 5.89. The second kappa shape index (κ2) is 12.9. The van der Waals surface area contributed by atoms with Crippen molar-refractivity contribution in [3.8, 4) is 23.0 Å². The Morgan fingerprint density at radius 2 is 1.54 bits per heavy atom. The summed E-state index contributed by atoms with van der Waals surface area (Å²) in [5, 5.41) is 2.99. The largest absolute Gasteiger partial charge is 0.493 e. The van der Waals surface area contributed by atoms with Crippen molar-refractivity contribution in [1.82, 2.24) is 10.2 Å². The minimum absolute atomic E-state index is 0.0125. The van der Waals surface area contributed by atoms with Gasteiger partial charge in [0.25, 0.3) is 0 Å². The summed E-state index contributed by atoms with van der Waals surface area (Å²) in [5.74, 6) is 2.37. The molecule has 3 rings (SSSR count). The second-order valence-electron chi connectivity index (χ2n) is 8.37. The summed E-state index contributed by atoms with van der Waals surface area (Å²) in [6.07, 6.45) is 1.59. The van der Waals surface area contributed by atoms with Crippen molar-refractivity contribution in [3.63, 3.8) is 0 Å². The maximum absolute atomic E-state index is 12.7. The first-order valence-corrected chi connectivity index (χ1v) is 12.1. The zero-order chi connectivity index (χ0) is 25.2. The van der Waals surface area contributed by atoms with Gasteiger partial charge in [-0.05, 0) is 62.1 Å². The van der Waals surface area contributed by atoms with Crippen molar-refractivity contribution < 1.29 is 28.5 Å². The number of ether oxygens (including phenoxy) is 4. The number of amides is 2. The van der Waals surface area contributed by atoms with E-state index in [-0.39, 0.29) is 24.2 Å². The predicted octanol–water partition coefficient (Wildman–Crippen LogP) is 3.25. The Balaban J connectivity index is 1.47. The molecule has 0 spiro atoms. The second-order valence-corrected chi connectivity index (χ2v) is 8.37. The minimum atomic E-state index is -0.327. The average Bonchev–Trinajstić information content (AvgIpc) is 3.24. The van der Waals surface area contributed by atoms with Crippen molar-refractivity contribution in [2.24, 2.45) is 5.92 Å². The Labute approximate surface area is 207 Å². The number of likely N-dealkylation sites (tertiary alicyclic amines) is 1. The SMILES string of the molecule is CCOc1ccc(CCNC(=O)[C@@H]2CC(=O)N(CCc3ccc(OC)c(OC)c3)C2)cc1OCC. The standard InChI is InChI=1S/C27H36N2O6/c1-5-34-23-10-8-19(16-25(23)35-6-2)11-13-28-27(31)21-17-26(30)29(18-21)14-12-20-7-9-22(32-3)24(15-20)33-4/h7-10,15-16,21H,5-6,11-14,17-18H2,1-4H3,(H,28,31)/t21-/m1/s1. The average molecular weight is 485 g/mol. The molecule has 1 fully saturated rings. The first-order chi connectivity index (χ1) is 17.0. The van der Waals surface area contributed by atoms with E-state index in [0.29, 0.717) is 62.9 Å². The lowest BCUT2D eigenvalue weighted by atomic mass is 10.1. The highest BCUT2D eigenvalue weighted by Crippen LogP contribution is 2.29. The molecule has 8 heteroatoms. The smallest absolute Gasteiger partial charge is 0.225 e. The summed E-state index contributed by atoms with van der Waals surface area (Å²) in [4.78, 5) is 27.0. The van der Waals surface area contributed by atoms with Gasteiger partial charge in [-0.15, -0.1) is 0 Å². The fourth-order valence-electron chi connectivity index (χ4n) is 4.19. The summed E-state index contributed by atoms with van der Waals surface area (Å²) in [7, 11) is 3.20.